The van der Waals surface area contributed by atoms with Gasteiger partial charge in [-0.1, -0.05) is 26.0 Å². The molecule has 1 aromatic heterocycles. The Morgan fingerprint density at radius 3 is 2.50 bits per heavy atom. The van der Waals surface area contributed by atoms with Gasteiger partial charge in [-0.3, -0.25) is 9.78 Å². The van der Waals surface area contributed by atoms with E-state index < -0.39 is 0 Å². The largest absolute Gasteiger partial charge is 0.493 e. The number of benzene rings is 2. The Morgan fingerprint density at radius 2 is 1.82 bits per heavy atom. The molecule has 1 atom stereocenters. The maximum atomic E-state index is 12.1. The summed E-state index contributed by atoms with van der Waals surface area (Å²) in [4.78, 5) is 16.0. The summed E-state index contributed by atoms with van der Waals surface area (Å²) in [6.07, 6.45) is 5.78. The average Bonchev–Trinajstić information content (AvgIpc) is 2.87. The smallest absolute Gasteiger partial charge is 0.271 e. The van der Waals surface area contributed by atoms with Crippen molar-refractivity contribution in [2.24, 2.45) is 5.10 Å². The molecule has 0 aliphatic rings. The maximum absolute atomic E-state index is 12.1. The van der Waals surface area contributed by atoms with Gasteiger partial charge in [0.2, 0.25) is 0 Å². The molecule has 0 bridgehead atoms. The van der Waals surface area contributed by atoms with Crippen molar-refractivity contribution >= 4 is 34.7 Å². The maximum Gasteiger partial charge on any atom is 0.271 e. The zero-order chi connectivity index (χ0) is 24.3. The Balaban J connectivity index is 1.54. The number of ether oxygens (including phenoxy) is 3. The number of methoxy groups -OCH3 is 1. The van der Waals surface area contributed by atoms with Crippen LogP contribution in [-0.4, -0.2) is 37.4 Å². The fourth-order valence-corrected chi connectivity index (χ4v) is 3.90. The molecule has 0 aliphatic heterocycles. The van der Waals surface area contributed by atoms with Crippen molar-refractivity contribution in [1.29, 1.82) is 0 Å². The minimum Gasteiger partial charge on any atom is -0.493 e. The molecular weight excluding hydrogens is 545 g/mol. The normalized spacial score (nSPS) is 11.8. The van der Waals surface area contributed by atoms with Crippen molar-refractivity contribution in [1.82, 2.24) is 10.4 Å². The molecule has 1 N–H and O–H groups in total. The van der Waals surface area contributed by atoms with Gasteiger partial charge in [-0.05, 0) is 82.5 Å². The monoisotopic (exact) mass is 573 g/mol. The number of rotatable bonds is 11. The highest BCUT2D eigenvalue weighted by Crippen LogP contribution is 2.33. The molecular formula is C26H28IN3O4. The fraction of sp³-hybridized carbons (Fsp3) is 0.269. The summed E-state index contributed by atoms with van der Waals surface area (Å²) in [5.74, 6) is 2.26. The number of hydrogen-bond donors (Lipinski definition) is 1. The predicted molar refractivity (Wildman–Crippen MR) is 141 cm³/mol. The van der Waals surface area contributed by atoms with E-state index in [1.165, 1.54) is 5.56 Å². The average molecular weight is 573 g/mol. The summed E-state index contributed by atoms with van der Waals surface area (Å²) in [6.45, 7) is 5.18. The summed E-state index contributed by atoms with van der Waals surface area (Å²) in [5, 5.41) is 4.03. The van der Waals surface area contributed by atoms with Gasteiger partial charge < -0.3 is 14.2 Å². The second-order valence-electron chi connectivity index (χ2n) is 7.54. The lowest BCUT2D eigenvalue weighted by molar-refractivity contribution is 0.0955. The van der Waals surface area contributed by atoms with Crippen molar-refractivity contribution in [2.75, 3.05) is 20.3 Å². The van der Waals surface area contributed by atoms with Crippen LogP contribution in [0.4, 0.5) is 0 Å². The van der Waals surface area contributed by atoms with Crippen molar-refractivity contribution < 1.29 is 19.0 Å². The Hall–Kier alpha value is -3.14. The van der Waals surface area contributed by atoms with E-state index >= 15 is 0 Å². The lowest BCUT2D eigenvalue weighted by Crippen LogP contribution is -2.17. The van der Waals surface area contributed by atoms with Crippen LogP contribution in [-0.2, 0) is 0 Å². The van der Waals surface area contributed by atoms with E-state index in [1.54, 1.807) is 43.9 Å². The number of nitrogens with one attached hydrogen (secondary N) is 1. The summed E-state index contributed by atoms with van der Waals surface area (Å²) < 4.78 is 18.1. The first kappa shape index (κ1) is 25.5. The molecule has 178 valence electrons. The minimum atomic E-state index is -0.310. The number of pyridine rings is 1. The van der Waals surface area contributed by atoms with Crippen LogP contribution in [0.25, 0.3) is 0 Å². The summed E-state index contributed by atoms with van der Waals surface area (Å²) in [7, 11) is 1.58. The molecule has 7 nitrogen and oxygen atoms in total. The van der Waals surface area contributed by atoms with E-state index in [2.05, 4.69) is 64.1 Å². The van der Waals surface area contributed by atoms with Crippen LogP contribution < -0.4 is 19.6 Å². The van der Waals surface area contributed by atoms with Gasteiger partial charge in [0, 0.05) is 18.0 Å². The Morgan fingerprint density at radius 1 is 1.12 bits per heavy atom. The molecule has 0 fully saturated rings. The van der Waals surface area contributed by atoms with Gasteiger partial charge in [-0.15, -0.1) is 0 Å². The SMILES string of the molecule is CC[C@H](C)c1ccc(OCCOc2c(I)cc(/C=N\NC(=O)c3ccncc3)cc2OC)cc1. The second-order valence-corrected chi connectivity index (χ2v) is 8.71. The molecule has 3 aromatic rings. The van der Waals surface area contributed by atoms with E-state index in [4.69, 9.17) is 14.2 Å². The van der Waals surface area contributed by atoms with Crippen LogP contribution >= 0.6 is 22.6 Å². The van der Waals surface area contributed by atoms with Crippen molar-refractivity contribution in [3.8, 4) is 17.2 Å². The van der Waals surface area contributed by atoms with E-state index in [-0.39, 0.29) is 5.91 Å². The highest BCUT2D eigenvalue weighted by molar-refractivity contribution is 14.1. The van der Waals surface area contributed by atoms with Crippen LogP contribution in [0.3, 0.4) is 0 Å². The highest BCUT2D eigenvalue weighted by Gasteiger charge is 2.12. The van der Waals surface area contributed by atoms with E-state index in [0.717, 1.165) is 21.3 Å². The predicted octanol–water partition coefficient (Wildman–Crippen LogP) is 5.43. The third-order valence-corrected chi connectivity index (χ3v) is 6.04. The highest BCUT2D eigenvalue weighted by atomic mass is 127. The molecule has 1 heterocycles. The first-order valence-electron chi connectivity index (χ1n) is 11.0. The van der Waals surface area contributed by atoms with Crippen LogP contribution in [0.5, 0.6) is 17.2 Å². The summed E-state index contributed by atoms with van der Waals surface area (Å²) in [6, 6.07) is 15.1. The van der Waals surface area contributed by atoms with Crippen LogP contribution in [0.2, 0.25) is 0 Å². The van der Waals surface area contributed by atoms with Gasteiger partial charge in [0.15, 0.2) is 11.5 Å². The number of carbonyl (C=O) groups excluding carboxylic acids is 1. The van der Waals surface area contributed by atoms with Gasteiger partial charge in [-0.2, -0.15) is 5.10 Å². The molecule has 0 saturated carbocycles. The van der Waals surface area contributed by atoms with E-state index in [9.17, 15) is 4.79 Å². The van der Waals surface area contributed by atoms with Crippen LogP contribution in [0.15, 0.2) is 66.0 Å². The first-order chi connectivity index (χ1) is 16.5. The third kappa shape index (κ3) is 7.18. The molecule has 3 rings (SSSR count). The summed E-state index contributed by atoms with van der Waals surface area (Å²) in [5.41, 5.74) is 5.06. The lowest BCUT2D eigenvalue weighted by Gasteiger charge is -2.14. The number of hydrogen-bond acceptors (Lipinski definition) is 6. The van der Waals surface area contributed by atoms with E-state index in [0.29, 0.717) is 36.2 Å². The molecule has 34 heavy (non-hydrogen) atoms. The topological polar surface area (TPSA) is 82.0 Å². The number of halogens is 1. The number of nitrogens with zero attached hydrogens (tertiary/aromatic N) is 2. The number of amides is 1. The zero-order valence-corrected chi connectivity index (χ0v) is 21.6. The van der Waals surface area contributed by atoms with Crippen molar-refractivity contribution in [2.45, 2.75) is 26.2 Å². The summed E-state index contributed by atoms with van der Waals surface area (Å²) >= 11 is 2.18. The Bertz CT molecular complexity index is 1110. The number of hydrazone groups is 1. The molecule has 0 aliphatic carbocycles. The third-order valence-electron chi connectivity index (χ3n) is 5.23. The number of carbonyl (C=O) groups is 1. The molecule has 0 radical (unpaired) electrons. The van der Waals surface area contributed by atoms with Gasteiger partial charge in [0.25, 0.3) is 5.91 Å². The van der Waals surface area contributed by atoms with Crippen molar-refractivity contribution in [3.05, 3.63) is 81.2 Å². The van der Waals surface area contributed by atoms with Crippen LogP contribution in [0, 0.1) is 3.57 Å². The fourth-order valence-electron chi connectivity index (χ4n) is 3.12. The van der Waals surface area contributed by atoms with Gasteiger partial charge in [-0.25, -0.2) is 5.43 Å². The zero-order valence-electron chi connectivity index (χ0n) is 19.5. The van der Waals surface area contributed by atoms with Gasteiger partial charge >= 0.3 is 0 Å². The molecule has 0 saturated heterocycles. The molecule has 1 amide bonds. The van der Waals surface area contributed by atoms with Gasteiger partial charge in [0.1, 0.15) is 19.0 Å². The lowest BCUT2D eigenvalue weighted by atomic mass is 9.99. The molecule has 0 unspecified atom stereocenters. The van der Waals surface area contributed by atoms with Crippen molar-refractivity contribution in [3.63, 3.8) is 0 Å². The first-order valence-corrected chi connectivity index (χ1v) is 12.1. The molecule has 0 spiro atoms. The standard InChI is InChI=1S/C26H28IN3O4/c1-4-18(2)20-5-7-22(8-6-20)33-13-14-34-25-23(27)15-19(16-24(25)32-3)17-29-30-26(31)21-9-11-28-12-10-21/h5-12,15-18H,4,13-14H2,1-3H3,(H,30,31)/b29-17-/t18-/m0/s1. The van der Waals surface area contributed by atoms with Gasteiger partial charge in [0.05, 0.1) is 16.9 Å². The molecule has 2 aromatic carbocycles. The quantitative estimate of drug-likeness (QED) is 0.143. The Kier molecular flexibility index (Phi) is 9.69. The van der Waals surface area contributed by atoms with Crippen LogP contribution in [0.1, 0.15) is 47.7 Å². The minimum absolute atomic E-state index is 0.310. The number of aromatic nitrogens is 1. The Labute approximate surface area is 213 Å². The molecule has 8 heteroatoms. The second kappa shape index (κ2) is 12.9. The van der Waals surface area contributed by atoms with E-state index in [1.807, 2.05) is 18.2 Å².